The zero-order valence-electron chi connectivity index (χ0n) is 40.4. The summed E-state index contributed by atoms with van der Waals surface area (Å²) in [5.41, 5.74) is 18.4. The Morgan fingerprint density at radius 1 is 0.292 bits per heavy atom. The van der Waals surface area contributed by atoms with E-state index in [4.69, 9.17) is 8.83 Å². The Morgan fingerprint density at radius 3 is 1.08 bits per heavy atom. The van der Waals surface area contributed by atoms with Gasteiger partial charge in [0.15, 0.2) is 11.2 Å². The van der Waals surface area contributed by atoms with Crippen molar-refractivity contribution >= 4 is 99.5 Å². The minimum absolute atomic E-state index is 0.551. The van der Waals surface area contributed by atoms with E-state index in [9.17, 15) is 0 Å². The Morgan fingerprint density at radius 2 is 0.667 bits per heavy atom. The van der Waals surface area contributed by atoms with Crippen molar-refractivity contribution in [3.8, 4) is 22.3 Å². The molecule has 2 fully saturated rings. The molecule has 0 unspecified atom stereocenters. The van der Waals surface area contributed by atoms with Crippen LogP contribution in [0.15, 0.2) is 203 Å². The molecule has 0 aliphatic heterocycles. The van der Waals surface area contributed by atoms with Crippen molar-refractivity contribution in [3.05, 3.63) is 205 Å². The van der Waals surface area contributed by atoms with Gasteiger partial charge in [0.1, 0.15) is 11.2 Å². The van der Waals surface area contributed by atoms with Crippen LogP contribution in [0.3, 0.4) is 0 Å². The number of rotatable bonds is 8. The van der Waals surface area contributed by atoms with Crippen molar-refractivity contribution in [3.63, 3.8) is 0 Å². The van der Waals surface area contributed by atoms with Crippen molar-refractivity contribution < 1.29 is 8.83 Å². The van der Waals surface area contributed by atoms with E-state index in [0.29, 0.717) is 11.8 Å². The first-order chi connectivity index (χ1) is 35.7. The normalized spacial score (nSPS) is 15.1. The van der Waals surface area contributed by atoms with Crippen LogP contribution in [0.1, 0.15) is 87.2 Å². The highest BCUT2D eigenvalue weighted by atomic mass is 16.3. The van der Waals surface area contributed by atoms with Gasteiger partial charge >= 0.3 is 0 Å². The van der Waals surface area contributed by atoms with E-state index in [0.717, 1.165) is 56.5 Å². The van der Waals surface area contributed by atoms with Gasteiger partial charge in [0.2, 0.25) is 0 Å². The second kappa shape index (κ2) is 16.8. The smallest absolute Gasteiger partial charge is 0.159 e. The summed E-state index contributed by atoms with van der Waals surface area (Å²) in [7, 11) is 0. The van der Waals surface area contributed by atoms with E-state index >= 15 is 0 Å². The molecule has 2 heterocycles. The summed E-state index contributed by atoms with van der Waals surface area (Å²) in [6, 6.07) is 71.8. The van der Waals surface area contributed by atoms with E-state index in [1.54, 1.807) is 0 Å². The molecule has 2 saturated carbocycles. The SMILES string of the molecule is c1ccc(N(c2ccc3cc4c(cc3c2)-c2cc3ccc(N(c5ccccc5)c5cccc6c5oc5c(C7CCCCC7)cccc56)cc3cc2-4)c2cccc3c2oc2c(C4CCCCC4)cccc23)cc1. The Kier molecular flexibility index (Phi) is 9.71. The zero-order chi connectivity index (χ0) is 47.3. The number of hydrogen-bond donors (Lipinski definition) is 0. The van der Waals surface area contributed by atoms with Crippen LogP contribution in [0.25, 0.3) is 87.7 Å². The van der Waals surface area contributed by atoms with Gasteiger partial charge in [0, 0.05) is 44.3 Å². The fourth-order valence-electron chi connectivity index (χ4n) is 13.2. The van der Waals surface area contributed by atoms with Crippen LogP contribution < -0.4 is 9.80 Å². The molecule has 0 atom stereocenters. The van der Waals surface area contributed by atoms with Crippen LogP contribution >= 0.6 is 0 Å². The molecule has 0 amide bonds. The Bertz CT molecular complexity index is 3800. The highest BCUT2D eigenvalue weighted by Gasteiger charge is 2.28. The summed E-state index contributed by atoms with van der Waals surface area (Å²) in [6.45, 7) is 0. The average Bonchev–Trinajstić information content (AvgIpc) is 4.04. The van der Waals surface area contributed by atoms with E-state index in [-0.39, 0.29) is 0 Å². The van der Waals surface area contributed by atoms with Crippen molar-refractivity contribution in [1.82, 2.24) is 0 Å². The summed E-state index contributed by atoms with van der Waals surface area (Å²) < 4.78 is 14.1. The van der Waals surface area contributed by atoms with E-state index in [2.05, 4.69) is 204 Å². The second-order valence-electron chi connectivity index (χ2n) is 20.8. The molecule has 0 saturated heterocycles. The molecule has 0 spiro atoms. The van der Waals surface area contributed by atoms with Crippen LogP contribution in [-0.2, 0) is 0 Å². The van der Waals surface area contributed by atoms with Crippen molar-refractivity contribution in [1.29, 1.82) is 0 Å². The molecule has 72 heavy (non-hydrogen) atoms. The summed E-state index contributed by atoms with van der Waals surface area (Å²) in [4.78, 5) is 4.76. The van der Waals surface area contributed by atoms with Crippen molar-refractivity contribution in [2.24, 2.45) is 0 Å². The molecule has 3 aliphatic rings. The first kappa shape index (κ1) is 41.7. The lowest BCUT2D eigenvalue weighted by Crippen LogP contribution is -2.10. The maximum Gasteiger partial charge on any atom is 0.159 e. The zero-order valence-corrected chi connectivity index (χ0v) is 40.4. The third kappa shape index (κ3) is 6.65. The third-order valence-corrected chi connectivity index (χ3v) is 16.7. The van der Waals surface area contributed by atoms with E-state index in [1.807, 2.05) is 0 Å². The Balaban J connectivity index is 0.809. The van der Waals surface area contributed by atoms with Gasteiger partial charge in [-0.25, -0.2) is 0 Å². The predicted octanol–water partition coefficient (Wildman–Crippen LogP) is 20.5. The Labute approximate surface area is 419 Å². The summed E-state index contributed by atoms with van der Waals surface area (Å²) in [5, 5.41) is 9.63. The van der Waals surface area contributed by atoms with Gasteiger partial charge in [0.25, 0.3) is 0 Å². The fourth-order valence-corrected chi connectivity index (χ4v) is 13.2. The lowest BCUT2D eigenvalue weighted by molar-refractivity contribution is 0.442. The average molecular weight is 931 g/mol. The highest BCUT2D eigenvalue weighted by Crippen LogP contribution is 2.53. The van der Waals surface area contributed by atoms with Crippen LogP contribution in [-0.4, -0.2) is 0 Å². The lowest BCUT2D eigenvalue weighted by atomic mass is 9.78. The topological polar surface area (TPSA) is 32.8 Å². The summed E-state index contributed by atoms with van der Waals surface area (Å²) >= 11 is 0. The predicted molar refractivity (Wildman–Crippen MR) is 301 cm³/mol. The molecule has 0 radical (unpaired) electrons. The Hall–Kier alpha value is -8.08. The molecule has 4 nitrogen and oxygen atoms in total. The van der Waals surface area contributed by atoms with Gasteiger partial charge in [-0.2, -0.15) is 0 Å². The number of fused-ring (bicyclic) bond motifs is 12. The number of benzene rings is 10. The fraction of sp³-hybridized carbons (Fsp3) is 0.176. The number of nitrogens with zero attached hydrogens (tertiary/aromatic N) is 2. The van der Waals surface area contributed by atoms with Gasteiger partial charge < -0.3 is 18.6 Å². The highest BCUT2D eigenvalue weighted by molar-refractivity contribution is 6.15. The largest absolute Gasteiger partial charge is 0.454 e. The lowest BCUT2D eigenvalue weighted by Gasteiger charge is -2.28. The molecule has 10 aromatic carbocycles. The molecular weight excluding hydrogens is 877 g/mol. The molecule has 0 N–H and O–H groups in total. The maximum atomic E-state index is 7.07. The van der Waals surface area contributed by atoms with E-state index in [1.165, 1.54) is 141 Å². The molecule has 15 rings (SSSR count). The van der Waals surface area contributed by atoms with Gasteiger partial charge in [0.05, 0.1) is 11.4 Å². The first-order valence-corrected chi connectivity index (χ1v) is 26.5. The number of furan rings is 2. The third-order valence-electron chi connectivity index (χ3n) is 16.7. The maximum absolute atomic E-state index is 7.07. The summed E-state index contributed by atoms with van der Waals surface area (Å²) in [6.07, 6.45) is 12.8. The molecule has 4 heteroatoms. The summed E-state index contributed by atoms with van der Waals surface area (Å²) in [5.74, 6) is 1.10. The molecule has 12 aromatic rings. The van der Waals surface area contributed by atoms with Gasteiger partial charge in [-0.3, -0.25) is 0 Å². The van der Waals surface area contributed by atoms with Gasteiger partial charge in [-0.15, -0.1) is 0 Å². The number of para-hydroxylation sites is 6. The first-order valence-electron chi connectivity index (χ1n) is 26.5. The molecule has 2 aromatic heterocycles. The number of anilines is 6. The van der Waals surface area contributed by atoms with Crippen molar-refractivity contribution in [2.45, 2.75) is 76.0 Å². The van der Waals surface area contributed by atoms with Crippen LogP contribution in [0, 0.1) is 0 Å². The molecule has 0 bridgehead atoms. The second-order valence-corrected chi connectivity index (χ2v) is 20.8. The van der Waals surface area contributed by atoms with Crippen LogP contribution in [0.5, 0.6) is 0 Å². The van der Waals surface area contributed by atoms with E-state index < -0.39 is 0 Å². The monoisotopic (exact) mass is 930 g/mol. The minimum atomic E-state index is 0.551. The quantitative estimate of drug-likeness (QED) is 0.152. The number of hydrogen-bond acceptors (Lipinski definition) is 4. The van der Waals surface area contributed by atoms with Crippen molar-refractivity contribution in [2.75, 3.05) is 9.80 Å². The van der Waals surface area contributed by atoms with Crippen LogP contribution in [0.4, 0.5) is 34.1 Å². The standard InChI is InChI=1S/C68H54N2O2/c1-5-17-43(18-6-1)53-25-13-27-55-57-29-15-31-63(67(57)71-65(53)55)69(49-21-9-3-10-22-49)51-35-33-45-39-59-61(41-47(45)37-51)60-40-46-34-36-52(38-48(46)42-62(59)60)70(50-23-11-4-12-24-50)64-32-16-30-58-56-28-14-26-54(66(56)72-68(58)64)44-19-7-2-8-20-44/h3-4,9-16,21-44H,1-2,5-8,17-20H2. The van der Waals surface area contributed by atoms with Gasteiger partial charge in [-0.05, 0) is 177 Å². The molecule has 3 aliphatic carbocycles. The van der Waals surface area contributed by atoms with Gasteiger partial charge in [-0.1, -0.05) is 148 Å². The minimum Gasteiger partial charge on any atom is -0.454 e. The molecule has 348 valence electrons. The van der Waals surface area contributed by atoms with Crippen LogP contribution in [0.2, 0.25) is 0 Å². The molecular formula is C68H54N2O2.